The standard InChI is InChI=1S/C13H13N3O3S/c1-20(17,18)10-6-4-9(5-7-10)19-11-3-2-8-16-12(11)13(14)15/h2-8H,1H3,(H3,14,15). The Bertz CT molecular complexity index is 740. The maximum atomic E-state index is 11.4. The summed E-state index contributed by atoms with van der Waals surface area (Å²) in [4.78, 5) is 4.17. The highest BCUT2D eigenvalue weighted by Gasteiger charge is 2.10. The van der Waals surface area contributed by atoms with Gasteiger partial charge < -0.3 is 10.5 Å². The number of rotatable bonds is 4. The van der Waals surface area contributed by atoms with Gasteiger partial charge in [-0.25, -0.2) is 13.4 Å². The number of aromatic nitrogens is 1. The maximum Gasteiger partial charge on any atom is 0.175 e. The van der Waals surface area contributed by atoms with E-state index in [-0.39, 0.29) is 16.4 Å². The summed E-state index contributed by atoms with van der Waals surface area (Å²) in [5.41, 5.74) is 5.65. The molecular weight excluding hydrogens is 278 g/mol. The maximum absolute atomic E-state index is 11.4. The van der Waals surface area contributed by atoms with Crippen LogP contribution in [0.1, 0.15) is 5.69 Å². The Labute approximate surface area is 116 Å². The van der Waals surface area contributed by atoms with Crippen LogP contribution in [-0.2, 0) is 9.84 Å². The molecule has 0 amide bonds. The van der Waals surface area contributed by atoms with Gasteiger partial charge in [0.15, 0.2) is 15.6 Å². The van der Waals surface area contributed by atoms with E-state index < -0.39 is 9.84 Å². The molecule has 20 heavy (non-hydrogen) atoms. The Hall–Kier alpha value is -2.41. The van der Waals surface area contributed by atoms with E-state index in [9.17, 15) is 8.42 Å². The third-order valence-electron chi connectivity index (χ3n) is 2.51. The number of nitrogens with zero attached hydrogens (tertiary/aromatic N) is 1. The molecule has 104 valence electrons. The zero-order valence-corrected chi connectivity index (χ0v) is 11.5. The Morgan fingerprint density at radius 3 is 2.45 bits per heavy atom. The second-order valence-corrected chi connectivity index (χ2v) is 6.13. The van der Waals surface area contributed by atoms with Gasteiger partial charge >= 0.3 is 0 Å². The van der Waals surface area contributed by atoms with E-state index in [1.165, 1.54) is 30.5 Å². The molecule has 7 heteroatoms. The molecule has 0 aliphatic carbocycles. The zero-order chi connectivity index (χ0) is 14.8. The van der Waals surface area contributed by atoms with E-state index in [1.54, 1.807) is 12.1 Å². The first-order chi connectivity index (χ1) is 9.38. The molecular formula is C13H13N3O3S. The van der Waals surface area contributed by atoms with Crippen LogP contribution >= 0.6 is 0 Å². The van der Waals surface area contributed by atoms with Crippen molar-refractivity contribution in [2.75, 3.05) is 6.26 Å². The Morgan fingerprint density at radius 1 is 1.25 bits per heavy atom. The lowest BCUT2D eigenvalue weighted by Gasteiger charge is -2.09. The first-order valence-corrected chi connectivity index (χ1v) is 7.54. The highest BCUT2D eigenvalue weighted by atomic mass is 32.2. The highest BCUT2D eigenvalue weighted by Crippen LogP contribution is 2.24. The van der Waals surface area contributed by atoms with Gasteiger partial charge in [-0.05, 0) is 36.4 Å². The fraction of sp³-hybridized carbons (Fsp3) is 0.0769. The second-order valence-electron chi connectivity index (χ2n) is 4.11. The van der Waals surface area contributed by atoms with Crippen molar-refractivity contribution in [3.63, 3.8) is 0 Å². The number of benzene rings is 1. The van der Waals surface area contributed by atoms with Crippen molar-refractivity contribution in [3.8, 4) is 11.5 Å². The summed E-state index contributed by atoms with van der Waals surface area (Å²) in [6.45, 7) is 0. The Morgan fingerprint density at radius 2 is 1.90 bits per heavy atom. The lowest BCUT2D eigenvalue weighted by molar-refractivity contribution is 0.478. The van der Waals surface area contributed by atoms with Crippen LogP contribution < -0.4 is 10.5 Å². The monoisotopic (exact) mass is 291 g/mol. The van der Waals surface area contributed by atoms with E-state index in [0.717, 1.165) is 6.26 Å². The summed E-state index contributed by atoms with van der Waals surface area (Å²) in [6, 6.07) is 9.27. The molecule has 0 radical (unpaired) electrons. The first kappa shape index (κ1) is 14.0. The molecule has 2 aromatic rings. The minimum Gasteiger partial charge on any atom is -0.455 e. The van der Waals surface area contributed by atoms with Crippen molar-refractivity contribution in [1.82, 2.24) is 4.98 Å². The van der Waals surface area contributed by atoms with Crippen molar-refractivity contribution >= 4 is 15.7 Å². The number of ether oxygens (including phenoxy) is 1. The van der Waals surface area contributed by atoms with Gasteiger partial charge in [0.2, 0.25) is 0 Å². The third-order valence-corrected chi connectivity index (χ3v) is 3.63. The number of nitrogens with one attached hydrogen (secondary N) is 1. The highest BCUT2D eigenvalue weighted by molar-refractivity contribution is 7.90. The summed E-state index contributed by atoms with van der Waals surface area (Å²) in [5.74, 6) is 0.577. The number of pyridine rings is 1. The van der Waals surface area contributed by atoms with Crippen LogP contribution in [0.25, 0.3) is 0 Å². The summed E-state index contributed by atoms with van der Waals surface area (Å²) in [7, 11) is -3.24. The number of hydrogen-bond acceptors (Lipinski definition) is 5. The van der Waals surface area contributed by atoms with Crippen molar-refractivity contribution in [2.24, 2.45) is 5.73 Å². The Kier molecular flexibility index (Phi) is 3.71. The van der Waals surface area contributed by atoms with Crippen LogP contribution in [0.2, 0.25) is 0 Å². The fourth-order valence-electron chi connectivity index (χ4n) is 1.56. The van der Waals surface area contributed by atoms with E-state index in [4.69, 9.17) is 15.9 Å². The zero-order valence-electron chi connectivity index (χ0n) is 10.7. The van der Waals surface area contributed by atoms with Crippen molar-refractivity contribution < 1.29 is 13.2 Å². The van der Waals surface area contributed by atoms with Crippen LogP contribution in [0.5, 0.6) is 11.5 Å². The van der Waals surface area contributed by atoms with Gasteiger partial charge in [0.05, 0.1) is 4.90 Å². The van der Waals surface area contributed by atoms with Gasteiger partial charge in [-0.3, -0.25) is 5.41 Å². The number of amidine groups is 1. The molecule has 0 saturated heterocycles. The van der Waals surface area contributed by atoms with E-state index in [2.05, 4.69) is 4.98 Å². The molecule has 0 spiro atoms. The lowest BCUT2D eigenvalue weighted by Crippen LogP contribution is -2.14. The molecule has 3 N–H and O–H groups in total. The van der Waals surface area contributed by atoms with E-state index >= 15 is 0 Å². The molecule has 2 rings (SSSR count). The summed E-state index contributed by atoms with van der Waals surface area (Å²) in [5, 5.41) is 7.41. The fourth-order valence-corrected chi connectivity index (χ4v) is 2.19. The minimum absolute atomic E-state index is 0.201. The molecule has 0 atom stereocenters. The quantitative estimate of drug-likeness (QED) is 0.656. The normalized spacial score (nSPS) is 11.1. The third kappa shape index (κ3) is 3.12. The lowest BCUT2D eigenvalue weighted by atomic mass is 10.3. The first-order valence-electron chi connectivity index (χ1n) is 5.65. The molecule has 0 saturated carbocycles. The SMILES string of the molecule is CS(=O)(=O)c1ccc(Oc2cccnc2C(=N)N)cc1. The summed E-state index contributed by atoms with van der Waals surface area (Å²) >= 11 is 0. The number of hydrogen-bond donors (Lipinski definition) is 2. The summed E-state index contributed by atoms with van der Waals surface area (Å²) < 4.78 is 28.3. The number of nitrogens with two attached hydrogens (primary N) is 1. The molecule has 0 fully saturated rings. The van der Waals surface area contributed by atoms with Gasteiger partial charge in [0, 0.05) is 12.5 Å². The van der Waals surface area contributed by atoms with Gasteiger partial charge in [-0.1, -0.05) is 0 Å². The molecule has 1 aromatic carbocycles. The number of nitrogen functional groups attached to an aromatic ring is 1. The molecule has 0 bridgehead atoms. The number of sulfone groups is 1. The molecule has 1 heterocycles. The van der Waals surface area contributed by atoms with Crippen LogP contribution in [0.4, 0.5) is 0 Å². The van der Waals surface area contributed by atoms with Gasteiger partial charge in [0.25, 0.3) is 0 Å². The molecule has 0 aliphatic heterocycles. The Balaban J connectivity index is 2.30. The average Bonchev–Trinajstić information content (AvgIpc) is 2.38. The summed E-state index contributed by atoms with van der Waals surface area (Å²) in [6.07, 6.45) is 2.65. The molecule has 6 nitrogen and oxygen atoms in total. The topological polar surface area (TPSA) is 106 Å². The largest absolute Gasteiger partial charge is 0.455 e. The van der Waals surface area contributed by atoms with Crippen molar-refractivity contribution in [2.45, 2.75) is 4.90 Å². The smallest absolute Gasteiger partial charge is 0.175 e. The van der Waals surface area contributed by atoms with Crippen LogP contribution in [0.3, 0.4) is 0 Å². The minimum atomic E-state index is -3.24. The van der Waals surface area contributed by atoms with Crippen LogP contribution in [0, 0.1) is 5.41 Å². The van der Waals surface area contributed by atoms with Crippen molar-refractivity contribution in [3.05, 3.63) is 48.3 Å². The molecule has 1 aromatic heterocycles. The van der Waals surface area contributed by atoms with Gasteiger partial charge in [-0.15, -0.1) is 0 Å². The van der Waals surface area contributed by atoms with Gasteiger partial charge in [-0.2, -0.15) is 0 Å². The van der Waals surface area contributed by atoms with E-state index in [1.807, 2.05) is 0 Å². The average molecular weight is 291 g/mol. The van der Waals surface area contributed by atoms with Crippen LogP contribution in [0.15, 0.2) is 47.5 Å². The van der Waals surface area contributed by atoms with Crippen molar-refractivity contribution in [1.29, 1.82) is 5.41 Å². The predicted molar refractivity (Wildman–Crippen MR) is 74.9 cm³/mol. The van der Waals surface area contributed by atoms with E-state index in [0.29, 0.717) is 11.5 Å². The van der Waals surface area contributed by atoms with Crippen LogP contribution in [-0.4, -0.2) is 25.5 Å². The van der Waals surface area contributed by atoms with Gasteiger partial charge in [0.1, 0.15) is 17.3 Å². The predicted octanol–water partition coefficient (Wildman–Crippen LogP) is 1.56. The molecule has 0 unspecified atom stereocenters. The second kappa shape index (κ2) is 5.30. The molecule has 0 aliphatic rings.